The van der Waals surface area contributed by atoms with Crippen LogP contribution in [-0.4, -0.2) is 75.7 Å². The summed E-state index contributed by atoms with van der Waals surface area (Å²) in [4.78, 5) is 9.80. The van der Waals surface area contributed by atoms with Crippen LogP contribution in [0.3, 0.4) is 0 Å². The molecule has 0 radical (unpaired) electrons. The molecule has 0 saturated heterocycles. The van der Waals surface area contributed by atoms with E-state index in [4.69, 9.17) is 13.8 Å². The van der Waals surface area contributed by atoms with E-state index >= 15 is 0 Å². The van der Waals surface area contributed by atoms with Crippen LogP contribution in [0.5, 0.6) is 0 Å². The summed E-state index contributed by atoms with van der Waals surface area (Å²) in [7, 11) is -4.54. The van der Waals surface area contributed by atoms with Crippen molar-refractivity contribution >= 4 is 7.82 Å². The Labute approximate surface area is 211 Å². The van der Waals surface area contributed by atoms with Crippen molar-refractivity contribution in [3.8, 4) is 0 Å². The molecule has 1 rings (SSSR count). The van der Waals surface area contributed by atoms with E-state index in [-0.39, 0.29) is 19.4 Å². The first kappa shape index (κ1) is 32.9. The van der Waals surface area contributed by atoms with Gasteiger partial charge in [-0.3, -0.25) is 9.05 Å². The summed E-state index contributed by atoms with van der Waals surface area (Å²) in [5.74, 6) is 0. The average molecular weight is 527 g/mol. The molecule has 0 bridgehead atoms. The Balaban J connectivity index is 1.93. The molecule has 210 valence electrons. The van der Waals surface area contributed by atoms with Crippen LogP contribution in [0, 0.1) is 0 Å². The lowest BCUT2D eigenvalue weighted by Crippen LogP contribution is -2.49. The third-order valence-corrected chi connectivity index (χ3v) is 7.54. The van der Waals surface area contributed by atoms with E-state index in [1.165, 1.54) is 77.0 Å². The topological polar surface area (TPSA) is 146 Å². The third kappa shape index (κ3) is 16.4. The first-order valence-corrected chi connectivity index (χ1v) is 15.2. The molecule has 0 amide bonds. The van der Waals surface area contributed by atoms with Gasteiger partial charge in [-0.1, -0.05) is 90.4 Å². The number of rotatable bonds is 22. The molecule has 1 unspecified atom stereocenters. The van der Waals surface area contributed by atoms with E-state index in [0.29, 0.717) is 6.61 Å². The minimum atomic E-state index is -4.54. The second kappa shape index (κ2) is 19.9. The highest BCUT2D eigenvalue weighted by Gasteiger charge is 2.41. The number of unbranched alkanes of at least 4 members (excludes halogenated alkanes) is 13. The van der Waals surface area contributed by atoms with Crippen molar-refractivity contribution in [1.29, 1.82) is 0 Å². The Hall–Kier alpha value is -0.0900. The van der Waals surface area contributed by atoms with Gasteiger partial charge in [0.15, 0.2) is 0 Å². The fourth-order valence-electron chi connectivity index (χ4n) is 4.29. The molecule has 0 aliphatic heterocycles. The summed E-state index contributed by atoms with van der Waals surface area (Å²) in [5, 5.41) is 38.9. The fourth-order valence-corrected chi connectivity index (χ4v) is 5.28. The summed E-state index contributed by atoms with van der Waals surface area (Å²) in [6.45, 7) is 2.28. The van der Waals surface area contributed by atoms with Crippen molar-refractivity contribution in [3.63, 3.8) is 0 Å². The SMILES string of the molecule is CCCCCCCCCCCCCCCCOC[C@@H](O)COP(=O)(O)O[C@@H]1CC[C@@H](O)[C@H](O)[C@H]1O. The molecule has 1 fully saturated rings. The molecule has 0 aromatic heterocycles. The fraction of sp³-hybridized carbons (Fsp3) is 1.00. The van der Waals surface area contributed by atoms with Crippen LogP contribution in [0.25, 0.3) is 0 Å². The number of aliphatic hydroxyl groups is 4. The Morgan fingerprint density at radius 2 is 1.29 bits per heavy atom. The van der Waals surface area contributed by atoms with Gasteiger partial charge in [0.1, 0.15) is 18.3 Å². The lowest BCUT2D eigenvalue weighted by Gasteiger charge is -2.35. The number of hydrogen-bond donors (Lipinski definition) is 5. The predicted octanol–water partition coefficient (Wildman–Crippen LogP) is 4.22. The number of phosphoric acid groups is 1. The maximum absolute atomic E-state index is 12.0. The second-order valence-electron chi connectivity index (χ2n) is 9.86. The molecule has 0 aromatic carbocycles. The van der Waals surface area contributed by atoms with E-state index in [9.17, 15) is 29.9 Å². The molecule has 10 heteroatoms. The maximum atomic E-state index is 12.0. The number of aliphatic hydroxyl groups excluding tert-OH is 4. The lowest BCUT2D eigenvalue weighted by molar-refractivity contribution is -0.133. The monoisotopic (exact) mass is 526 g/mol. The zero-order valence-corrected chi connectivity index (χ0v) is 22.5. The van der Waals surface area contributed by atoms with Gasteiger partial charge in [0.25, 0.3) is 0 Å². The highest BCUT2D eigenvalue weighted by Crippen LogP contribution is 2.46. The molecule has 1 aliphatic rings. The normalized spacial score (nSPS) is 25.4. The van der Waals surface area contributed by atoms with E-state index in [1.807, 2.05) is 0 Å². The third-order valence-electron chi connectivity index (χ3n) is 6.52. The molecule has 1 aliphatic carbocycles. The van der Waals surface area contributed by atoms with Crippen molar-refractivity contribution in [2.75, 3.05) is 19.8 Å². The molecule has 35 heavy (non-hydrogen) atoms. The van der Waals surface area contributed by atoms with Gasteiger partial charge in [-0.25, -0.2) is 4.57 Å². The van der Waals surface area contributed by atoms with Gasteiger partial charge in [0, 0.05) is 6.61 Å². The summed E-state index contributed by atoms with van der Waals surface area (Å²) in [6.07, 6.45) is 11.8. The standard InChI is InChI=1S/C25H51O9P/c1-2-3-4-5-6-7-8-9-10-11-12-13-14-15-18-32-19-21(26)20-33-35(30,31)34-23-17-16-22(27)24(28)25(23)29/h21-29H,2-20H2,1H3,(H,30,31)/t21-,22-,23-,24+,25+/m1/s1. The van der Waals surface area contributed by atoms with Crippen molar-refractivity contribution in [1.82, 2.24) is 0 Å². The van der Waals surface area contributed by atoms with Gasteiger partial charge >= 0.3 is 7.82 Å². The van der Waals surface area contributed by atoms with E-state index in [2.05, 4.69) is 6.92 Å². The zero-order valence-electron chi connectivity index (χ0n) is 21.6. The number of hydrogen-bond acceptors (Lipinski definition) is 8. The van der Waals surface area contributed by atoms with Gasteiger partial charge in [0.2, 0.25) is 0 Å². The first-order chi connectivity index (χ1) is 16.8. The summed E-state index contributed by atoms with van der Waals surface area (Å²) in [5.41, 5.74) is 0. The van der Waals surface area contributed by atoms with Crippen LogP contribution >= 0.6 is 7.82 Å². The molecule has 1 saturated carbocycles. The number of phosphoric ester groups is 1. The quantitative estimate of drug-likeness (QED) is 0.103. The molecule has 0 spiro atoms. The zero-order chi connectivity index (χ0) is 25.9. The Kier molecular flexibility index (Phi) is 18.8. The largest absolute Gasteiger partial charge is 0.472 e. The summed E-state index contributed by atoms with van der Waals surface area (Å²) < 4.78 is 27.2. The second-order valence-corrected chi connectivity index (χ2v) is 11.3. The molecule has 6 atom stereocenters. The predicted molar refractivity (Wildman–Crippen MR) is 135 cm³/mol. The van der Waals surface area contributed by atoms with Crippen molar-refractivity contribution in [2.24, 2.45) is 0 Å². The van der Waals surface area contributed by atoms with Crippen LogP contribution < -0.4 is 0 Å². The lowest BCUT2D eigenvalue weighted by atomic mass is 9.90. The minimum Gasteiger partial charge on any atom is -0.390 e. The highest BCUT2D eigenvalue weighted by atomic mass is 31.2. The molecule has 0 heterocycles. The Bertz CT molecular complexity index is 551. The van der Waals surface area contributed by atoms with E-state index in [0.717, 1.165) is 12.8 Å². The summed E-state index contributed by atoms with van der Waals surface area (Å²) in [6, 6.07) is 0. The average Bonchev–Trinajstić information content (AvgIpc) is 2.83. The first-order valence-electron chi connectivity index (χ1n) is 13.7. The van der Waals surface area contributed by atoms with Crippen LogP contribution in [0.15, 0.2) is 0 Å². The van der Waals surface area contributed by atoms with Crippen molar-refractivity contribution < 1.29 is 43.7 Å². The van der Waals surface area contributed by atoms with Gasteiger partial charge in [-0.05, 0) is 19.3 Å². The minimum absolute atomic E-state index is 0.0184. The van der Waals surface area contributed by atoms with Gasteiger partial charge < -0.3 is 30.1 Å². The smallest absolute Gasteiger partial charge is 0.390 e. The molecule has 0 aromatic rings. The van der Waals surface area contributed by atoms with Crippen LogP contribution in [0.4, 0.5) is 0 Å². The maximum Gasteiger partial charge on any atom is 0.472 e. The van der Waals surface area contributed by atoms with Gasteiger partial charge in [-0.2, -0.15) is 0 Å². The number of ether oxygens (including phenoxy) is 1. The molecule has 5 N–H and O–H groups in total. The molecular weight excluding hydrogens is 475 g/mol. The van der Waals surface area contributed by atoms with E-state index < -0.39 is 44.9 Å². The Morgan fingerprint density at radius 3 is 1.83 bits per heavy atom. The van der Waals surface area contributed by atoms with Crippen LogP contribution in [-0.2, 0) is 18.3 Å². The summed E-state index contributed by atoms with van der Waals surface area (Å²) >= 11 is 0. The Morgan fingerprint density at radius 1 is 0.771 bits per heavy atom. The van der Waals surface area contributed by atoms with Crippen LogP contribution in [0.2, 0.25) is 0 Å². The molecule has 9 nitrogen and oxygen atoms in total. The molecular formula is C25H51O9P. The highest BCUT2D eigenvalue weighted by molar-refractivity contribution is 7.47. The van der Waals surface area contributed by atoms with E-state index in [1.54, 1.807) is 0 Å². The van der Waals surface area contributed by atoms with Crippen molar-refractivity contribution in [3.05, 3.63) is 0 Å². The van der Waals surface area contributed by atoms with Crippen LogP contribution in [0.1, 0.15) is 110 Å². The van der Waals surface area contributed by atoms with Crippen molar-refractivity contribution in [2.45, 2.75) is 140 Å². The van der Waals surface area contributed by atoms with Gasteiger partial charge in [0.05, 0.1) is 25.4 Å². The van der Waals surface area contributed by atoms with Gasteiger partial charge in [-0.15, -0.1) is 0 Å².